The van der Waals surface area contributed by atoms with Crippen LogP contribution in [0.4, 0.5) is 14.5 Å². The van der Waals surface area contributed by atoms with E-state index in [2.05, 4.69) is 5.32 Å². The second kappa shape index (κ2) is 7.38. The molecule has 2 aromatic heterocycles. The topological polar surface area (TPSA) is 59.3 Å². The van der Waals surface area contributed by atoms with Crippen LogP contribution in [0.5, 0.6) is 0 Å². The number of fused-ring (bicyclic) bond motifs is 5. The number of halogens is 2. The Hall–Kier alpha value is -3.52. The number of hydrogen-bond acceptors (Lipinski definition) is 4. The summed E-state index contributed by atoms with van der Waals surface area (Å²) in [4.78, 5) is 21.8. The van der Waals surface area contributed by atoms with E-state index in [1.54, 1.807) is 0 Å². The summed E-state index contributed by atoms with van der Waals surface area (Å²) in [6.45, 7) is 0. The Morgan fingerprint density at radius 1 is 0.967 bits per heavy atom. The van der Waals surface area contributed by atoms with Crippen LogP contribution in [0.3, 0.4) is 0 Å². The first-order valence-corrected chi connectivity index (χ1v) is 10.1. The molecule has 148 valence electrons. The van der Waals surface area contributed by atoms with Crippen LogP contribution in [0.2, 0.25) is 0 Å². The number of hydrogen-bond donors (Lipinski definition) is 1. The minimum Gasteiger partial charge on any atom is -0.323 e. The van der Waals surface area contributed by atoms with Crippen molar-refractivity contribution in [2.75, 3.05) is 11.1 Å². The van der Waals surface area contributed by atoms with Gasteiger partial charge in [0.25, 0.3) is 0 Å². The molecule has 0 bridgehead atoms. The van der Waals surface area contributed by atoms with Gasteiger partial charge in [-0.15, -0.1) is 0 Å². The smallest absolute Gasteiger partial charge is 0.234 e. The summed E-state index contributed by atoms with van der Waals surface area (Å²) in [6.07, 6.45) is 0. The van der Waals surface area contributed by atoms with Crippen LogP contribution < -0.4 is 5.32 Å². The lowest BCUT2D eigenvalue weighted by Crippen LogP contribution is -2.15. The van der Waals surface area contributed by atoms with Gasteiger partial charge in [-0.05, 0) is 36.4 Å². The SMILES string of the molecule is O=C(CSc1nc2ccccc2c2nc3ccccc3n12)Nc1cc(F)ccc1F. The average molecular weight is 420 g/mol. The molecule has 1 N–H and O–H groups in total. The van der Waals surface area contributed by atoms with Crippen molar-refractivity contribution in [3.05, 3.63) is 78.4 Å². The Morgan fingerprint density at radius 3 is 2.60 bits per heavy atom. The lowest BCUT2D eigenvalue weighted by atomic mass is 10.2. The first-order chi connectivity index (χ1) is 14.6. The number of aromatic nitrogens is 3. The number of amides is 1. The van der Waals surface area contributed by atoms with Crippen molar-refractivity contribution in [3.63, 3.8) is 0 Å². The van der Waals surface area contributed by atoms with Gasteiger partial charge in [0.1, 0.15) is 17.3 Å². The van der Waals surface area contributed by atoms with Crippen molar-refractivity contribution in [2.45, 2.75) is 5.16 Å². The quantitative estimate of drug-likeness (QED) is 0.327. The van der Waals surface area contributed by atoms with Gasteiger partial charge in [0.05, 0.1) is 28.0 Å². The van der Waals surface area contributed by atoms with E-state index >= 15 is 0 Å². The molecule has 3 aromatic carbocycles. The van der Waals surface area contributed by atoms with Crippen LogP contribution >= 0.6 is 11.8 Å². The van der Waals surface area contributed by atoms with Gasteiger partial charge in [0, 0.05) is 11.5 Å². The number of carbonyl (C=O) groups excluding carboxylic acids is 1. The summed E-state index contributed by atoms with van der Waals surface area (Å²) in [5, 5.41) is 3.91. The fraction of sp³-hybridized carbons (Fsp3) is 0.0455. The van der Waals surface area contributed by atoms with Crippen LogP contribution in [-0.4, -0.2) is 26.0 Å². The molecule has 1 amide bonds. The van der Waals surface area contributed by atoms with Crippen molar-refractivity contribution in [1.29, 1.82) is 0 Å². The zero-order valence-electron chi connectivity index (χ0n) is 15.5. The summed E-state index contributed by atoms with van der Waals surface area (Å²) >= 11 is 1.21. The Labute approximate surface area is 173 Å². The van der Waals surface area contributed by atoms with E-state index in [4.69, 9.17) is 9.97 Å². The van der Waals surface area contributed by atoms with E-state index in [0.29, 0.717) is 5.16 Å². The van der Waals surface area contributed by atoms with Crippen molar-refractivity contribution >= 4 is 50.9 Å². The normalized spacial score (nSPS) is 11.4. The van der Waals surface area contributed by atoms with Gasteiger partial charge in [-0.2, -0.15) is 0 Å². The molecule has 5 aromatic rings. The third-order valence-corrected chi connectivity index (χ3v) is 5.59. The second-order valence-electron chi connectivity index (χ2n) is 6.63. The molecule has 0 aliphatic rings. The first-order valence-electron chi connectivity index (χ1n) is 9.14. The van der Waals surface area contributed by atoms with Crippen LogP contribution in [0.15, 0.2) is 71.9 Å². The molecule has 0 aliphatic heterocycles. The van der Waals surface area contributed by atoms with Crippen molar-refractivity contribution in [1.82, 2.24) is 14.4 Å². The predicted molar refractivity (Wildman–Crippen MR) is 114 cm³/mol. The van der Waals surface area contributed by atoms with Gasteiger partial charge >= 0.3 is 0 Å². The number of imidazole rings is 1. The Bertz CT molecular complexity index is 1430. The number of nitrogens with one attached hydrogen (secondary N) is 1. The molecule has 0 radical (unpaired) electrons. The highest BCUT2D eigenvalue weighted by Gasteiger charge is 2.16. The third kappa shape index (κ3) is 3.25. The molecule has 0 atom stereocenters. The lowest BCUT2D eigenvalue weighted by Gasteiger charge is -2.09. The van der Waals surface area contributed by atoms with E-state index in [9.17, 15) is 13.6 Å². The number of thioether (sulfide) groups is 1. The zero-order chi connectivity index (χ0) is 20.7. The zero-order valence-corrected chi connectivity index (χ0v) is 16.3. The average Bonchev–Trinajstić information content (AvgIpc) is 3.15. The molecule has 2 heterocycles. The fourth-order valence-electron chi connectivity index (χ4n) is 3.32. The number of rotatable bonds is 4. The molecule has 0 saturated carbocycles. The lowest BCUT2D eigenvalue weighted by molar-refractivity contribution is -0.113. The van der Waals surface area contributed by atoms with E-state index in [1.807, 2.05) is 52.9 Å². The van der Waals surface area contributed by atoms with Gasteiger partial charge in [-0.3, -0.25) is 9.20 Å². The summed E-state index contributed by atoms with van der Waals surface area (Å²) in [7, 11) is 0. The molecule has 0 saturated heterocycles. The van der Waals surface area contributed by atoms with E-state index < -0.39 is 17.5 Å². The maximum absolute atomic E-state index is 13.8. The Morgan fingerprint density at radius 2 is 1.73 bits per heavy atom. The number of benzene rings is 3. The van der Waals surface area contributed by atoms with Gasteiger partial charge in [0.15, 0.2) is 5.16 Å². The molecule has 0 fully saturated rings. The van der Waals surface area contributed by atoms with Crippen molar-refractivity contribution in [2.24, 2.45) is 0 Å². The van der Waals surface area contributed by atoms with Gasteiger partial charge in [-0.25, -0.2) is 18.7 Å². The maximum atomic E-state index is 13.8. The standard InChI is InChI=1S/C22H14F2N4OS/c23-13-9-10-15(24)18(11-13)25-20(29)12-30-22-27-16-6-2-1-5-14(16)21-26-17-7-3-4-8-19(17)28(21)22/h1-11H,12H2,(H,25,29). The van der Waals surface area contributed by atoms with Crippen LogP contribution in [0.1, 0.15) is 0 Å². The largest absolute Gasteiger partial charge is 0.323 e. The molecule has 8 heteroatoms. The molecular formula is C22H14F2N4OS. The molecule has 5 rings (SSSR count). The first kappa shape index (κ1) is 18.5. The van der Waals surface area contributed by atoms with Gasteiger partial charge < -0.3 is 5.32 Å². The van der Waals surface area contributed by atoms with E-state index in [-0.39, 0.29) is 11.4 Å². The van der Waals surface area contributed by atoms with Crippen molar-refractivity contribution < 1.29 is 13.6 Å². The fourth-order valence-corrected chi connectivity index (χ4v) is 4.13. The summed E-state index contributed by atoms with van der Waals surface area (Å²) in [5.41, 5.74) is 3.03. The number of carbonyl (C=O) groups is 1. The summed E-state index contributed by atoms with van der Waals surface area (Å²) in [5.74, 6) is -1.80. The molecule has 0 spiro atoms. The molecule has 5 nitrogen and oxygen atoms in total. The van der Waals surface area contributed by atoms with E-state index in [0.717, 1.165) is 45.8 Å². The van der Waals surface area contributed by atoms with Crippen molar-refractivity contribution in [3.8, 4) is 0 Å². The molecule has 0 unspecified atom stereocenters. The van der Waals surface area contributed by atoms with Gasteiger partial charge in [0.2, 0.25) is 5.91 Å². The monoisotopic (exact) mass is 420 g/mol. The molecular weight excluding hydrogens is 406 g/mol. The minimum absolute atomic E-state index is 0.0249. The third-order valence-electron chi connectivity index (χ3n) is 4.65. The number of nitrogens with zero attached hydrogens (tertiary/aromatic N) is 3. The van der Waals surface area contributed by atoms with Crippen LogP contribution in [0, 0.1) is 11.6 Å². The molecule has 0 aliphatic carbocycles. The van der Waals surface area contributed by atoms with E-state index in [1.165, 1.54) is 11.8 Å². The van der Waals surface area contributed by atoms with Crippen LogP contribution in [-0.2, 0) is 4.79 Å². The summed E-state index contributed by atoms with van der Waals surface area (Å²) in [6, 6.07) is 18.3. The molecule has 30 heavy (non-hydrogen) atoms. The minimum atomic E-state index is -0.693. The number of anilines is 1. The highest BCUT2D eigenvalue weighted by Crippen LogP contribution is 2.29. The highest BCUT2D eigenvalue weighted by atomic mass is 32.2. The Balaban J connectivity index is 1.52. The number of para-hydroxylation sites is 3. The van der Waals surface area contributed by atoms with Gasteiger partial charge in [-0.1, -0.05) is 36.0 Å². The maximum Gasteiger partial charge on any atom is 0.234 e. The Kier molecular flexibility index (Phi) is 4.55. The van der Waals surface area contributed by atoms with Crippen LogP contribution in [0.25, 0.3) is 27.6 Å². The predicted octanol–water partition coefficient (Wildman–Crippen LogP) is 5.04. The summed E-state index contributed by atoms with van der Waals surface area (Å²) < 4.78 is 29.1. The highest BCUT2D eigenvalue weighted by molar-refractivity contribution is 7.99. The second-order valence-corrected chi connectivity index (χ2v) is 7.57.